The fourth-order valence-corrected chi connectivity index (χ4v) is 4.04. The van der Waals surface area contributed by atoms with Gasteiger partial charge in [-0.2, -0.15) is 0 Å². The summed E-state index contributed by atoms with van der Waals surface area (Å²) in [6.45, 7) is 11.5. The minimum Gasteiger partial charge on any atom is -0.244 e. The number of rotatable bonds is 3. The number of alkyl halides is 1. The van der Waals surface area contributed by atoms with Crippen molar-refractivity contribution in [3.63, 3.8) is 0 Å². The molecule has 1 rings (SSSR count). The van der Waals surface area contributed by atoms with Crippen LogP contribution in [0.15, 0.2) is 0 Å². The molecule has 1 heteroatoms. The van der Waals surface area contributed by atoms with E-state index >= 15 is 4.39 Å². The molecule has 2 unspecified atom stereocenters. The van der Waals surface area contributed by atoms with Crippen molar-refractivity contribution in [2.45, 2.75) is 117 Å². The summed E-state index contributed by atoms with van der Waals surface area (Å²) < 4.78 is 15.0. The van der Waals surface area contributed by atoms with E-state index in [-0.39, 0.29) is 0 Å². The molecular formula is C20H39F. The van der Waals surface area contributed by atoms with E-state index in [1.165, 1.54) is 44.9 Å². The van der Waals surface area contributed by atoms with Crippen molar-refractivity contribution in [2.24, 2.45) is 10.8 Å². The van der Waals surface area contributed by atoms with Gasteiger partial charge in [-0.3, -0.25) is 0 Å². The molecule has 0 N–H and O–H groups in total. The Bertz CT molecular complexity index is 235. The molecule has 1 aliphatic carbocycles. The molecule has 0 nitrogen and oxygen atoms in total. The van der Waals surface area contributed by atoms with E-state index < -0.39 is 5.67 Å². The van der Waals surface area contributed by atoms with Gasteiger partial charge >= 0.3 is 0 Å². The maximum Gasteiger partial charge on any atom is 0.110 e. The molecule has 0 radical (unpaired) electrons. The van der Waals surface area contributed by atoms with Crippen LogP contribution in [0.4, 0.5) is 4.39 Å². The molecule has 0 heterocycles. The summed E-state index contributed by atoms with van der Waals surface area (Å²) in [5.41, 5.74) is -0.0342. The van der Waals surface area contributed by atoms with Crippen LogP contribution < -0.4 is 0 Å². The average Bonchev–Trinajstić information content (AvgIpc) is 2.46. The van der Waals surface area contributed by atoms with Crippen molar-refractivity contribution in [3.8, 4) is 0 Å². The predicted molar refractivity (Wildman–Crippen MR) is 92.5 cm³/mol. The van der Waals surface area contributed by atoms with Crippen LogP contribution in [0.5, 0.6) is 0 Å². The van der Waals surface area contributed by atoms with Gasteiger partial charge in [0.25, 0.3) is 0 Å². The van der Waals surface area contributed by atoms with Gasteiger partial charge in [0, 0.05) is 0 Å². The Morgan fingerprint density at radius 3 is 1.24 bits per heavy atom. The predicted octanol–water partition coefficient (Wildman–Crippen LogP) is 7.46. The third-order valence-corrected chi connectivity index (χ3v) is 6.71. The Hall–Kier alpha value is -0.0700. The summed E-state index contributed by atoms with van der Waals surface area (Å²) in [4.78, 5) is 0. The van der Waals surface area contributed by atoms with Crippen LogP contribution in [0.3, 0.4) is 0 Å². The molecule has 21 heavy (non-hydrogen) atoms. The van der Waals surface area contributed by atoms with Crippen LogP contribution in [0.1, 0.15) is 112 Å². The molecular weight excluding hydrogens is 259 g/mol. The summed E-state index contributed by atoms with van der Waals surface area (Å²) >= 11 is 0. The van der Waals surface area contributed by atoms with Crippen LogP contribution >= 0.6 is 0 Å². The van der Waals surface area contributed by atoms with Crippen LogP contribution in [-0.2, 0) is 0 Å². The average molecular weight is 299 g/mol. The fraction of sp³-hybridized carbons (Fsp3) is 1.00. The Kier molecular flexibility index (Phi) is 7.20. The largest absolute Gasteiger partial charge is 0.244 e. The molecule has 0 saturated heterocycles. The van der Waals surface area contributed by atoms with Crippen molar-refractivity contribution in [2.75, 3.05) is 0 Å². The van der Waals surface area contributed by atoms with Crippen molar-refractivity contribution in [1.29, 1.82) is 0 Å². The molecule has 0 aromatic rings. The second-order valence-corrected chi connectivity index (χ2v) is 8.39. The topological polar surface area (TPSA) is 0 Å². The van der Waals surface area contributed by atoms with E-state index in [0.29, 0.717) is 17.3 Å². The van der Waals surface area contributed by atoms with E-state index in [1.54, 1.807) is 0 Å². The second-order valence-electron chi connectivity index (χ2n) is 8.39. The highest BCUT2D eigenvalue weighted by Crippen LogP contribution is 2.42. The van der Waals surface area contributed by atoms with E-state index in [2.05, 4.69) is 27.7 Å². The molecule has 2 atom stereocenters. The Morgan fingerprint density at radius 2 is 0.952 bits per heavy atom. The van der Waals surface area contributed by atoms with E-state index in [1.807, 2.05) is 6.92 Å². The van der Waals surface area contributed by atoms with E-state index in [0.717, 1.165) is 25.7 Å². The van der Waals surface area contributed by atoms with Crippen molar-refractivity contribution >= 4 is 0 Å². The lowest BCUT2D eigenvalue weighted by atomic mass is 9.71. The van der Waals surface area contributed by atoms with Crippen molar-refractivity contribution in [3.05, 3.63) is 0 Å². The van der Waals surface area contributed by atoms with Gasteiger partial charge in [-0.25, -0.2) is 4.39 Å². The minimum atomic E-state index is -0.900. The second kappa shape index (κ2) is 7.97. The lowest BCUT2D eigenvalue weighted by molar-refractivity contribution is 0.0982. The molecule has 1 aliphatic rings. The van der Waals surface area contributed by atoms with E-state index in [4.69, 9.17) is 0 Å². The highest BCUT2D eigenvalue weighted by Gasteiger charge is 2.32. The monoisotopic (exact) mass is 298 g/mol. The first kappa shape index (κ1) is 19.0. The molecule has 0 aromatic heterocycles. The van der Waals surface area contributed by atoms with Gasteiger partial charge in [0.1, 0.15) is 5.67 Å². The first-order chi connectivity index (χ1) is 9.80. The zero-order valence-corrected chi connectivity index (χ0v) is 15.4. The number of hydrogen-bond donors (Lipinski definition) is 0. The SMILES string of the molecule is CCC1(C)CCCC(C)(CC)CCCC(F)(CC)CCC1. The molecule has 126 valence electrons. The van der Waals surface area contributed by atoms with Gasteiger partial charge < -0.3 is 0 Å². The van der Waals surface area contributed by atoms with Gasteiger partial charge in [0.15, 0.2) is 0 Å². The third-order valence-electron chi connectivity index (χ3n) is 6.71. The van der Waals surface area contributed by atoms with Crippen molar-refractivity contribution in [1.82, 2.24) is 0 Å². The fourth-order valence-electron chi connectivity index (χ4n) is 4.04. The van der Waals surface area contributed by atoms with Crippen LogP contribution in [0.25, 0.3) is 0 Å². The molecule has 0 aliphatic heterocycles. The normalized spacial score (nSPS) is 40.3. The van der Waals surface area contributed by atoms with Gasteiger partial charge in [-0.05, 0) is 68.6 Å². The highest BCUT2D eigenvalue weighted by atomic mass is 19.1. The van der Waals surface area contributed by atoms with Crippen LogP contribution in [0.2, 0.25) is 0 Å². The van der Waals surface area contributed by atoms with Gasteiger partial charge in [0.05, 0.1) is 0 Å². The minimum absolute atomic E-state index is 0.433. The third kappa shape index (κ3) is 5.91. The summed E-state index contributed by atoms with van der Waals surface area (Å²) in [6.07, 6.45) is 13.3. The lowest BCUT2D eigenvalue weighted by Gasteiger charge is -2.35. The molecule has 0 bridgehead atoms. The smallest absolute Gasteiger partial charge is 0.110 e. The summed E-state index contributed by atoms with van der Waals surface area (Å²) in [6, 6.07) is 0. The summed E-state index contributed by atoms with van der Waals surface area (Å²) in [5, 5.41) is 0. The molecule has 0 spiro atoms. The molecule has 1 saturated carbocycles. The summed E-state index contributed by atoms with van der Waals surface area (Å²) in [7, 11) is 0. The zero-order chi connectivity index (χ0) is 16.0. The zero-order valence-electron chi connectivity index (χ0n) is 15.4. The van der Waals surface area contributed by atoms with Gasteiger partial charge in [0.2, 0.25) is 0 Å². The lowest BCUT2D eigenvalue weighted by Crippen LogP contribution is -2.26. The first-order valence-electron chi connectivity index (χ1n) is 9.49. The van der Waals surface area contributed by atoms with Crippen molar-refractivity contribution < 1.29 is 4.39 Å². The van der Waals surface area contributed by atoms with Gasteiger partial charge in [-0.1, -0.05) is 53.9 Å². The van der Waals surface area contributed by atoms with E-state index in [9.17, 15) is 0 Å². The van der Waals surface area contributed by atoms with Gasteiger partial charge in [-0.15, -0.1) is 0 Å². The maximum atomic E-state index is 15.0. The summed E-state index contributed by atoms with van der Waals surface area (Å²) in [5.74, 6) is 0. The molecule has 0 amide bonds. The van der Waals surface area contributed by atoms with Crippen LogP contribution in [-0.4, -0.2) is 5.67 Å². The standard InChI is InChI=1S/C20H39F/c1-6-18(4)12-9-13-19(5,7-2)15-11-17-20(21,8-3)16-10-14-18/h6-17H2,1-5H3. The Morgan fingerprint density at radius 1 is 0.619 bits per heavy atom. The Labute approximate surface area is 133 Å². The number of hydrogen-bond acceptors (Lipinski definition) is 0. The molecule has 0 aromatic carbocycles. The Balaban J connectivity index is 2.78. The maximum absolute atomic E-state index is 15.0. The first-order valence-corrected chi connectivity index (χ1v) is 9.49. The number of halogens is 1. The molecule has 1 fully saturated rings. The quantitative estimate of drug-likeness (QED) is 0.507. The van der Waals surface area contributed by atoms with Crippen LogP contribution in [0, 0.1) is 10.8 Å². The highest BCUT2D eigenvalue weighted by molar-refractivity contribution is 4.84.